The molecule has 0 saturated carbocycles. The molecule has 1 aliphatic heterocycles. The predicted molar refractivity (Wildman–Crippen MR) is 114 cm³/mol. The molecule has 150 valence electrons. The fourth-order valence-corrected chi connectivity index (χ4v) is 3.19. The molecule has 0 amide bonds. The number of hydrogen-bond acceptors (Lipinski definition) is 8. The number of hydrogen-bond donors (Lipinski definition) is 2. The van der Waals surface area contributed by atoms with Gasteiger partial charge in [0.05, 0.1) is 14.2 Å². The van der Waals surface area contributed by atoms with Crippen LogP contribution in [0.2, 0.25) is 0 Å². The molecule has 2 heterocycles. The SMILES string of the molecule is COc1cccc(Nc2nc(Nc3cccc(OC)c3)nc(N3CCCC3)n2)c1. The van der Waals surface area contributed by atoms with Gasteiger partial charge in [-0.05, 0) is 37.1 Å². The lowest BCUT2D eigenvalue weighted by atomic mass is 10.3. The van der Waals surface area contributed by atoms with Crippen LogP contribution >= 0.6 is 0 Å². The molecule has 1 fully saturated rings. The molecule has 0 radical (unpaired) electrons. The van der Waals surface area contributed by atoms with Crippen LogP contribution in [0, 0.1) is 0 Å². The zero-order chi connectivity index (χ0) is 20.1. The van der Waals surface area contributed by atoms with E-state index in [1.54, 1.807) is 14.2 Å². The van der Waals surface area contributed by atoms with Crippen molar-refractivity contribution in [2.45, 2.75) is 12.8 Å². The van der Waals surface area contributed by atoms with E-state index in [4.69, 9.17) is 9.47 Å². The first-order chi connectivity index (χ1) is 14.2. The van der Waals surface area contributed by atoms with Crippen LogP contribution in [-0.4, -0.2) is 42.3 Å². The van der Waals surface area contributed by atoms with Crippen molar-refractivity contribution in [3.8, 4) is 11.5 Å². The fourth-order valence-electron chi connectivity index (χ4n) is 3.19. The predicted octanol–water partition coefficient (Wildman–Crippen LogP) is 3.98. The summed E-state index contributed by atoms with van der Waals surface area (Å²) < 4.78 is 10.6. The topological polar surface area (TPSA) is 84.4 Å². The highest BCUT2D eigenvalue weighted by molar-refractivity contribution is 5.61. The van der Waals surface area contributed by atoms with Crippen LogP contribution in [0.15, 0.2) is 48.5 Å². The van der Waals surface area contributed by atoms with Crippen LogP contribution in [0.3, 0.4) is 0 Å². The normalized spacial score (nSPS) is 13.2. The maximum atomic E-state index is 5.30. The van der Waals surface area contributed by atoms with Crippen molar-refractivity contribution in [2.75, 3.05) is 42.8 Å². The Morgan fingerprint density at radius 2 is 1.28 bits per heavy atom. The highest BCUT2D eigenvalue weighted by Gasteiger charge is 2.18. The number of aromatic nitrogens is 3. The van der Waals surface area contributed by atoms with Crippen molar-refractivity contribution in [1.82, 2.24) is 15.0 Å². The molecule has 8 nitrogen and oxygen atoms in total. The third kappa shape index (κ3) is 4.66. The van der Waals surface area contributed by atoms with Gasteiger partial charge in [-0.3, -0.25) is 0 Å². The summed E-state index contributed by atoms with van der Waals surface area (Å²) >= 11 is 0. The van der Waals surface area contributed by atoms with Gasteiger partial charge in [0.1, 0.15) is 11.5 Å². The molecule has 29 heavy (non-hydrogen) atoms. The number of nitrogens with zero attached hydrogens (tertiary/aromatic N) is 4. The van der Waals surface area contributed by atoms with E-state index in [9.17, 15) is 0 Å². The van der Waals surface area contributed by atoms with E-state index in [1.807, 2.05) is 48.5 Å². The molecule has 1 aromatic heterocycles. The van der Waals surface area contributed by atoms with E-state index in [2.05, 4.69) is 30.5 Å². The quantitative estimate of drug-likeness (QED) is 0.625. The molecule has 2 N–H and O–H groups in total. The Bertz CT molecular complexity index is 907. The van der Waals surface area contributed by atoms with Crippen LogP contribution in [0.4, 0.5) is 29.2 Å². The first-order valence-electron chi connectivity index (χ1n) is 9.57. The van der Waals surface area contributed by atoms with Crippen molar-refractivity contribution in [3.63, 3.8) is 0 Å². The third-order valence-electron chi connectivity index (χ3n) is 4.66. The van der Waals surface area contributed by atoms with E-state index >= 15 is 0 Å². The minimum absolute atomic E-state index is 0.473. The maximum absolute atomic E-state index is 5.30. The first kappa shape index (κ1) is 18.8. The summed E-state index contributed by atoms with van der Waals surface area (Å²) in [6.45, 7) is 1.89. The van der Waals surface area contributed by atoms with Crippen molar-refractivity contribution in [3.05, 3.63) is 48.5 Å². The lowest BCUT2D eigenvalue weighted by Crippen LogP contribution is -2.21. The van der Waals surface area contributed by atoms with Gasteiger partial charge in [-0.25, -0.2) is 0 Å². The van der Waals surface area contributed by atoms with E-state index in [1.165, 1.54) is 0 Å². The molecule has 3 aromatic rings. The Kier molecular flexibility index (Phi) is 5.60. The number of anilines is 5. The number of nitrogens with one attached hydrogen (secondary N) is 2. The van der Waals surface area contributed by atoms with Crippen LogP contribution in [0.25, 0.3) is 0 Å². The summed E-state index contributed by atoms with van der Waals surface area (Å²) in [5, 5.41) is 6.52. The Morgan fingerprint density at radius 3 is 1.76 bits per heavy atom. The van der Waals surface area contributed by atoms with Crippen molar-refractivity contribution < 1.29 is 9.47 Å². The highest BCUT2D eigenvalue weighted by atomic mass is 16.5. The molecule has 0 bridgehead atoms. The summed E-state index contributed by atoms with van der Waals surface area (Å²) in [5.41, 5.74) is 1.69. The number of rotatable bonds is 7. The molecule has 4 rings (SSSR count). The summed E-state index contributed by atoms with van der Waals surface area (Å²) in [6.07, 6.45) is 2.28. The summed E-state index contributed by atoms with van der Waals surface area (Å²) in [7, 11) is 3.29. The van der Waals surface area contributed by atoms with Crippen molar-refractivity contribution >= 4 is 29.2 Å². The van der Waals surface area contributed by atoms with E-state index in [0.29, 0.717) is 17.8 Å². The molecule has 0 atom stereocenters. The van der Waals surface area contributed by atoms with Crippen molar-refractivity contribution in [2.24, 2.45) is 0 Å². The van der Waals surface area contributed by atoms with Gasteiger partial charge in [-0.15, -0.1) is 0 Å². The number of methoxy groups -OCH3 is 2. The van der Waals surface area contributed by atoms with Gasteiger partial charge in [0.25, 0.3) is 0 Å². The number of benzene rings is 2. The molecular weight excluding hydrogens is 368 g/mol. The molecular formula is C21H24N6O2. The zero-order valence-electron chi connectivity index (χ0n) is 16.6. The average Bonchev–Trinajstić information content (AvgIpc) is 3.29. The van der Waals surface area contributed by atoms with Gasteiger partial charge in [0, 0.05) is 36.6 Å². The lowest BCUT2D eigenvalue weighted by molar-refractivity contribution is 0.415. The summed E-state index contributed by atoms with van der Waals surface area (Å²) in [5.74, 6) is 3.13. The second-order valence-corrected chi connectivity index (χ2v) is 6.69. The highest BCUT2D eigenvalue weighted by Crippen LogP contribution is 2.25. The monoisotopic (exact) mass is 392 g/mol. The van der Waals surface area contributed by atoms with E-state index < -0.39 is 0 Å². The minimum atomic E-state index is 0.473. The van der Waals surface area contributed by atoms with E-state index in [-0.39, 0.29) is 0 Å². The van der Waals surface area contributed by atoms with Gasteiger partial charge < -0.3 is 25.0 Å². The van der Waals surface area contributed by atoms with Crippen LogP contribution in [0.1, 0.15) is 12.8 Å². The second-order valence-electron chi connectivity index (χ2n) is 6.69. The maximum Gasteiger partial charge on any atom is 0.233 e. The van der Waals surface area contributed by atoms with Gasteiger partial charge in [0.15, 0.2) is 0 Å². The smallest absolute Gasteiger partial charge is 0.233 e. The van der Waals surface area contributed by atoms with Gasteiger partial charge in [0.2, 0.25) is 17.8 Å². The molecule has 0 spiro atoms. The lowest BCUT2D eigenvalue weighted by Gasteiger charge is -2.17. The fraction of sp³-hybridized carbons (Fsp3) is 0.286. The Balaban J connectivity index is 1.64. The first-order valence-corrected chi connectivity index (χ1v) is 9.57. The molecule has 1 saturated heterocycles. The minimum Gasteiger partial charge on any atom is -0.497 e. The van der Waals surface area contributed by atoms with Gasteiger partial charge in [-0.2, -0.15) is 15.0 Å². The number of ether oxygens (including phenoxy) is 2. The molecule has 2 aromatic carbocycles. The summed E-state index contributed by atoms with van der Waals surface area (Å²) in [4.78, 5) is 16.0. The largest absolute Gasteiger partial charge is 0.497 e. The molecule has 8 heteroatoms. The second kappa shape index (κ2) is 8.64. The molecule has 0 unspecified atom stereocenters. The molecule has 1 aliphatic rings. The standard InChI is InChI=1S/C21H24N6O2/c1-28-17-9-5-7-15(13-17)22-19-24-20(23-16-8-6-10-18(14-16)29-2)26-21(25-19)27-11-3-4-12-27/h5-10,13-14H,3-4,11-12H2,1-2H3,(H2,22,23,24,25,26). The Labute approximate surface area is 169 Å². The van der Waals surface area contributed by atoms with Crippen LogP contribution in [0.5, 0.6) is 11.5 Å². The average molecular weight is 392 g/mol. The Hall–Kier alpha value is -3.55. The van der Waals surface area contributed by atoms with Crippen LogP contribution < -0.4 is 25.0 Å². The van der Waals surface area contributed by atoms with Crippen molar-refractivity contribution in [1.29, 1.82) is 0 Å². The summed E-state index contributed by atoms with van der Waals surface area (Å²) in [6, 6.07) is 15.3. The van der Waals surface area contributed by atoms with Gasteiger partial charge >= 0.3 is 0 Å². The Morgan fingerprint density at radius 1 is 0.759 bits per heavy atom. The van der Waals surface area contributed by atoms with Gasteiger partial charge in [-0.1, -0.05) is 12.1 Å². The van der Waals surface area contributed by atoms with Crippen LogP contribution in [-0.2, 0) is 0 Å². The molecule has 0 aliphatic carbocycles. The zero-order valence-corrected chi connectivity index (χ0v) is 16.6. The third-order valence-corrected chi connectivity index (χ3v) is 4.66. The van der Waals surface area contributed by atoms with E-state index in [0.717, 1.165) is 48.8 Å².